The van der Waals surface area contributed by atoms with Crippen molar-refractivity contribution >= 4 is 17.1 Å². The highest BCUT2D eigenvalue weighted by atomic mass is 35.5. The summed E-state index contributed by atoms with van der Waals surface area (Å²) >= 11 is 6.06. The Labute approximate surface area is 116 Å². The molecule has 0 spiro atoms. The molecule has 0 bridgehead atoms. The van der Waals surface area contributed by atoms with Crippen LogP contribution in [-0.2, 0) is 6.42 Å². The van der Waals surface area contributed by atoms with E-state index in [-0.39, 0.29) is 0 Å². The van der Waals surface area contributed by atoms with Crippen LogP contribution in [0.3, 0.4) is 0 Å². The number of nitrogens with two attached hydrogens (primary N) is 1. The molecular formula is C15H14ClN3. The lowest BCUT2D eigenvalue weighted by Gasteiger charge is -2.01. The van der Waals surface area contributed by atoms with Gasteiger partial charge in [0.25, 0.3) is 0 Å². The van der Waals surface area contributed by atoms with E-state index in [1.165, 1.54) is 0 Å². The molecule has 0 radical (unpaired) electrons. The SMILES string of the molecule is NCCc1nc(-c2cccc(Cl)c2)n2ccccc12. The molecule has 0 atom stereocenters. The van der Waals surface area contributed by atoms with Gasteiger partial charge in [0.2, 0.25) is 0 Å². The quantitative estimate of drug-likeness (QED) is 0.795. The number of hydrogen-bond acceptors (Lipinski definition) is 2. The Morgan fingerprint density at radius 2 is 2.05 bits per heavy atom. The fourth-order valence-corrected chi connectivity index (χ4v) is 2.44. The van der Waals surface area contributed by atoms with Gasteiger partial charge in [0, 0.05) is 23.2 Å². The fraction of sp³-hybridized carbons (Fsp3) is 0.133. The molecule has 0 fully saturated rings. The number of fused-ring (bicyclic) bond motifs is 1. The van der Waals surface area contributed by atoms with Crippen molar-refractivity contribution in [1.82, 2.24) is 9.38 Å². The van der Waals surface area contributed by atoms with E-state index in [9.17, 15) is 0 Å². The number of pyridine rings is 1. The van der Waals surface area contributed by atoms with Gasteiger partial charge in [-0.3, -0.25) is 4.40 Å². The van der Waals surface area contributed by atoms with E-state index >= 15 is 0 Å². The van der Waals surface area contributed by atoms with E-state index in [0.29, 0.717) is 11.6 Å². The van der Waals surface area contributed by atoms with Crippen LogP contribution in [0, 0.1) is 0 Å². The highest BCUT2D eigenvalue weighted by Gasteiger charge is 2.11. The topological polar surface area (TPSA) is 43.3 Å². The number of imidazole rings is 1. The third kappa shape index (κ3) is 2.23. The molecule has 0 saturated heterocycles. The Balaban J connectivity index is 2.23. The zero-order valence-corrected chi connectivity index (χ0v) is 11.1. The highest BCUT2D eigenvalue weighted by molar-refractivity contribution is 6.30. The van der Waals surface area contributed by atoms with Gasteiger partial charge in [0.15, 0.2) is 0 Å². The monoisotopic (exact) mass is 271 g/mol. The first kappa shape index (κ1) is 12.2. The van der Waals surface area contributed by atoms with Crippen LogP contribution < -0.4 is 5.73 Å². The molecule has 4 heteroatoms. The van der Waals surface area contributed by atoms with E-state index in [1.807, 2.05) is 42.6 Å². The summed E-state index contributed by atoms with van der Waals surface area (Å²) in [7, 11) is 0. The second-order valence-corrected chi connectivity index (χ2v) is 4.82. The first-order valence-electron chi connectivity index (χ1n) is 6.21. The number of nitrogens with zero attached hydrogens (tertiary/aromatic N) is 2. The molecule has 2 aromatic heterocycles. The maximum Gasteiger partial charge on any atom is 0.144 e. The second-order valence-electron chi connectivity index (χ2n) is 4.39. The zero-order valence-electron chi connectivity index (χ0n) is 10.4. The van der Waals surface area contributed by atoms with Crippen LogP contribution in [0.4, 0.5) is 0 Å². The van der Waals surface area contributed by atoms with Crippen molar-refractivity contribution in [2.75, 3.05) is 6.54 Å². The standard InChI is InChI=1S/C15H14ClN3/c16-12-5-3-4-11(10-12)15-18-13(7-8-17)14-6-1-2-9-19(14)15/h1-6,9-10H,7-8,17H2. The highest BCUT2D eigenvalue weighted by Crippen LogP contribution is 2.25. The van der Waals surface area contributed by atoms with E-state index < -0.39 is 0 Å². The predicted molar refractivity (Wildman–Crippen MR) is 78.4 cm³/mol. The lowest BCUT2D eigenvalue weighted by molar-refractivity contribution is 0.944. The summed E-state index contributed by atoms with van der Waals surface area (Å²) in [5, 5.41) is 0.713. The average molecular weight is 272 g/mol. The first-order chi connectivity index (χ1) is 9.29. The smallest absolute Gasteiger partial charge is 0.144 e. The third-order valence-corrected chi connectivity index (χ3v) is 3.32. The largest absolute Gasteiger partial charge is 0.330 e. The Bertz CT molecular complexity index is 718. The molecule has 3 aromatic rings. The Hall–Kier alpha value is -1.84. The molecule has 0 unspecified atom stereocenters. The van der Waals surface area contributed by atoms with Crippen molar-refractivity contribution in [3.63, 3.8) is 0 Å². The summed E-state index contributed by atoms with van der Waals surface area (Å²) in [5.74, 6) is 0.904. The minimum absolute atomic E-state index is 0.594. The summed E-state index contributed by atoms with van der Waals surface area (Å²) in [6.45, 7) is 0.594. The first-order valence-corrected chi connectivity index (χ1v) is 6.59. The van der Waals surface area contributed by atoms with E-state index in [4.69, 9.17) is 22.3 Å². The minimum Gasteiger partial charge on any atom is -0.330 e. The Morgan fingerprint density at radius 1 is 1.16 bits per heavy atom. The van der Waals surface area contributed by atoms with E-state index in [0.717, 1.165) is 29.0 Å². The summed E-state index contributed by atoms with van der Waals surface area (Å²) in [6.07, 6.45) is 2.78. The van der Waals surface area contributed by atoms with Gasteiger partial charge in [-0.1, -0.05) is 29.8 Å². The fourth-order valence-electron chi connectivity index (χ4n) is 2.25. The van der Waals surface area contributed by atoms with Crippen LogP contribution in [-0.4, -0.2) is 15.9 Å². The molecule has 0 amide bonds. The number of aromatic nitrogens is 2. The third-order valence-electron chi connectivity index (χ3n) is 3.09. The lowest BCUT2D eigenvalue weighted by atomic mass is 10.2. The minimum atomic E-state index is 0.594. The van der Waals surface area contributed by atoms with Crippen LogP contribution >= 0.6 is 11.6 Å². The Morgan fingerprint density at radius 3 is 2.84 bits per heavy atom. The number of hydrogen-bond donors (Lipinski definition) is 1. The van der Waals surface area contributed by atoms with Gasteiger partial charge >= 0.3 is 0 Å². The number of benzene rings is 1. The molecule has 1 aromatic carbocycles. The lowest BCUT2D eigenvalue weighted by Crippen LogP contribution is -2.03. The van der Waals surface area contributed by atoms with Crippen molar-refractivity contribution in [3.05, 3.63) is 59.4 Å². The molecule has 2 heterocycles. The Kier molecular flexibility index (Phi) is 3.23. The molecule has 3 nitrogen and oxygen atoms in total. The van der Waals surface area contributed by atoms with Crippen LogP contribution in [0.25, 0.3) is 16.9 Å². The summed E-state index contributed by atoms with van der Waals surface area (Å²) in [6, 6.07) is 13.8. The summed E-state index contributed by atoms with van der Waals surface area (Å²) < 4.78 is 2.08. The molecule has 0 saturated carbocycles. The van der Waals surface area contributed by atoms with Gasteiger partial charge in [0.05, 0.1) is 11.2 Å². The van der Waals surface area contributed by atoms with Crippen LogP contribution in [0.2, 0.25) is 5.02 Å². The normalized spacial score (nSPS) is 11.1. The van der Waals surface area contributed by atoms with Crippen LogP contribution in [0.5, 0.6) is 0 Å². The predicted octanol–water partition coefficient (Wildman–Crippen LogP) is 3.16. The molecule has 2 N–H and O–H groups in total. The van der Waals surface area contributed by atoms with E-state index in [2.05, 4.69) is 10.5 Å². The maximum atomic E-state index is 6.06. The molecule has 96 valence electrons. The van der Waals surface area contributed by atoms with Gasteiger partial charge in [0.1, 0.15) is 5.82 Å². The van der Waals surface area contributed by atoms with Crippen molar-refractivity contribution < 1.29 is 0 Å². The molecule has 0 aliphatic carbocycles. The molecular weight excluding hydrogens is 258 g/mol. The van der Waals surface area contributed by atoms with Crippen LogP contribution in [0.15, 0.2) is 48.7 Å². The average Bonchev–Trinajstić information content (AvgIpc) is 2.79. The molecule has 3 rings (SSSR count). The van der Waals surface area contributed by atoms with Gasteiger partial charge < -0.3 is 5.73 Å². The maximum absolute atomic E-state index is 6.06. The van der Waals surface area contributed by atoms with Crippen molar-refractivity contribution in [1.29, 1.82) is 0 Å². The van der Waals surface area contributed by atoms with Gasteiger partial charge in [-0.2, -0.15) is 0 Å². The van der Waals surface area contributed by atoms with Gasteiger partial charge in [-0.25, -0.2) is 4.98 Å². The number of rotatable bonds is 3. The van der Waals surface area contributed by atoms with Crippen molar-refractivity contribution in [3.8, 4) is 11.4 Å². The zero-order chi connectivity index (χ0) is 13.2. The molecule has 19 heavy (non-hydrogen) atoms. The van der Waals surface area contributed by atoms with Crippen molar-refractivity contribution in [2.24, 2.45) is 5.73 Å². The van der Waals surface area contributed by atoms with Crippen LogP contribution in [0.1, 0.15) is 5.69 Å². The summed E-state index contributed by atoms with van der Waals surface area (Å²) in [4.78, 5) is 4.71. The molecule has 0 aliphatic rings. The van der Waals surface area contributed by atoms with Gasteiger partial charge in [-0.15, -0.1) is 0 Å². The van der Waals surface area contributed by atoms with Crippen molar-refractivity contribution in [2.45, 2.75) is 6.42 Å². The summed E-state index contributed by atoms with van der Waals surface area (Å²) in [5.41, 5.74) is 8.79. The van der Waals surface area contributed by atoms with E-state index in [1.54, 1.807) is 0 Å². The molecule has 0 aliphatic heterocycles. The second kappa shape index (κ2) is 5.03. The number of halogens is 1. The van der Waals surface area contributed by atoms with Gasteiger partial charge in [-0.05, 0) is 30.8 Å².